The molecule has 1 aromatic heterocycles. The van der Waals surface area contributed by atoms with Crippen molar-refractivity contribution < 1.29 is 9.90 Å². The zero-order valence-electron chi connectivity index (χ0n) is 13.0. The number of rotatable bonds is 6. The van der Waals surface area contributed by atoms with Crippen LogP contribution in [-0.2, 0) is 0 Å². The maximum atomic E-state index is 10.9. The number of carboxylic acid groups (broad SMARTS) is 1. The number of anilines is 1. The highest BCUT2D eigenvalue weighted by Crippen LogP contribution is 2.19. The van der Waals surface area contributed by atoms with Crippen LogP contribution in [-0.4, -0.2) is 60.2 Å². The Kier molecular flexibility index (Phi) is 5.06. The van der Waals surface area contributed by atoms with Crippen molar-refractivity contribution in [3.05, 3.63) is 42.1 Å². The van der Waals surface area contributed by atoms with Gasteiger partial charge in [-0.1, -0.05) is 12.1 Å². The van der Waals surface area contributed by atoms with Crippen LogP contribution < -0.4 is 4.90 Å². The van der Waals surface area contributed by atoms with Gasteiger partial charge in [-0.05, 0) is 32.3 Å². The lowest BCUT2D eigenvalue weighted by molar-refractivity contribution is 0.0697. The summed E-state index contributed by atoms with van der Waals surface area (Å²) in [7, 11) is 6.00. The molecule has 0 atom stereocenters. The van der Waals surface area contributed by atoms with Crippen LogP contribution >= 0.6 is 0 Å². The molecule has 0 aliphatic carbocycles. The molecule has 0 amide bonds. The van der Waals surface area contributed by atoms with Gasteiger partial charge in [0.15, 0.2) is 0 Å². The molecule has 1 N–H and O–H groups in total. The first-order chi connectivity index (χ1) is 10.5. The second-order valence-electron chi connectivity index (χ2n) is 5.35. The molecule has 0 spiro atoms. The molecule has 0 fully saturated rings. The second-order valence-corrected chi connectivity index (χ2v) is 5.35. The molecule has 22 heavy (non-hydrogen) atoms. The summed E-state index contributed by atoms with van der Waals surface area (Å²) in [6, 6.07) is 8.49. The van der Waals surface area contributed by atoms with E-state index in [1.807, 2.05) is 32.1 Å². The van der Waals surface area contributed by atoms with Crippen LogP contribution in [0.1, 0.15) is 10.4 Å². The van der Waals surface area contributed by atoms with E-state index in [9.17, 15) is 4.79 Å². The molecule has 1 aromatic carbocycles. The summed E-state index contributed by atoms with van der Waals surface area (Å²) in [6.45, 7) is 1.74. The van der Waals surface area contributed by atoms with Crippen LogP contribution in [0.2, 0.25) is 0 Å². The van der Waals surface area contributed by atoms with Crippen LogP contribution in [0.5, 0.6) is 0 Å². The van der Waals surface area contributed by atoms with Gasteiger partial charge >= 0.3 is 5.97 Å². The molecule has 0 saturated heterocycles. The number of benzene rings is 1. The van der Waals surface area contributed by atoms with Crippen molar-refractivity contribution >= 4 is 11.9 Å². The Balaban J connectivity index is 2.18. The second kappa shape index (κ2) is 7.00. The van der Waals surface area contributed by atoms with Gasteiger partial charge in [0.1, 0.15) is 0 Å². The molecule has 0 radical (unpaired) electrons. The number of hydrogen-bond donors (Lipinski definition) is 1. The Morgan fingerprint density at radius 2 is 1.77 bits per heavy atom. The smallest absolute Gasteiger partial charge is 0.335 e. The molecule has 1 heterocycles. The molecule has 0 aliphatic heterocycles. The number of carboxylic acids is 1. The fourth-order valence-electron chi connectivity index (χ4n) is 1.93. The SMILES string of the molecule is CN(C)CCN(C)c1nccc(-c2ccc(C(=O)O)cc2)n1. The summed E-state index contributed by atoms with van der Waals surface area (Å²) < 4.78 is 0. The Morgan fingerprint density at radius 1 is 1.09 bits per heavy atom. The number of likely N-dealkylation sites (N-methyl/N-ethyl adjacent to an activating group) is 2. The first-order valence-electron chi connectivity index (χ1n) is 7.00. The third-order valence-corrected chi connectivity index (χ3v) is 3.29. The highest BCUT2D eigenvalue weighted by molar-refractivity contribution is 5.88. The predicted molar refractivity (Wildman–Crippen MR) is 86.3 cm³/mol. The number of carbonyl (C=O) groups is 1. The van der Waals surface area contributed by atoms with Crippen molar-refractivity contribution in [3.63, 3.8) is 0 Å². The molecule has 0 aliphatic rings. The van der Waals surface area contributed by atoms with Gasteiger partial charge in [0.2, 0.25) is 5.95 Å². The minimum absolute atomic E-state index is 0.265. The van der Waals surface area contributed by atoms with Crippen molar-refractivity contribution in [2.75, 3.05) is 39.1 Å². The Hall–Kier alpha value is -2.47. The van der Waals surface area contributed by atoms with Gasteiger partial charge in [-0.3, -0.25) is 0 Å². The van der Waals surface area contributed by atoms with Crippen LogP contribution in [0.3, 0.4) is 0 Å². The molecule has 2 aromatic rings. The lowest BCUT2D eigenvalue weighted by atomic mass is 10.1. The maximum Gasteiger partial charge on any atom is 0.335 e. The highest BCUT2D eigenvalue weighted by atomic mass is 16.4. The first-order valence-corrected chi connectivity index (χ1v) is 7.00. The number of nitrogens with zero attached hydrogens (tertiary/aromatic N) is 4. The number of aromatic nitrogens is 2. The number of aromatic carboxylic acids is 1. The summed E-state index contributed by atoms with van der Waals surface area (Å²) in [6.07, 6.45) is 1.72. The quantitative estimate of drug-likeness (QED) is 0.878. The summed E-state index contributed by atoms with van der Waals surface area (Å²) >= 11 is 0. The van der Waals surface area contributed by atoms with Gasteiger partial charge < -0.3 is 14.9 Å². The van der Waals surface area contributed by atoms with Crippen molar-refractivity contribution in [1.29, 1.82) is 0 Å². The fraction of sp³-hybridized carbons (Fsp3) is 0.312. The standard InChI is InChI=1S/C16H20N4O2/c1-19(2)10-11-20(3)16-17-9-8-14(18-16)12-4-6-13(7-5-12)15(21)22/h4-9H,10-11H2,1-3H3,(H,21,22). The Labute approximate surface area is 130 Å². The van der Waals surface area contributed by atoms with Crippen molar-refractivity contribution in [1.82, 2.24) is 14.9 Å². The third-order valence-electron chi connectivity index (χ3n) is 3.29. The van der Waals surface area contributed by atoms with E-state index < -0.39 is 5.97 Å². The van der Waals surface area contributed by atoms with Crippen molar-refractivity contribution in [3.8, 4) is 11.3 Å². The lowest BCUT2D eigenvalue weighted by Crippen LogP contribution is -2.29. The van der Waals surface area contributed by atoms with E-state index in [0.717, 1.165) is 24.3 Å². The third kappa shape index (κ3) is 4.02. The average Bonchev–Trinajstić information content (AvgIpc) is 2.52. The topological polar surface area (TPSA) is 69.6 Å². The van der Waals surface area contributed by atoms with Gasteiger partial charge in [-0.15, -0.1) is 0 Å². The van der Waals surface area contributed by atoms with Gasteiger partial charge in [-0.25, -0.2) is 14.8 Å². The van der Waals surface area contributed by atoms with E-state index >= 15 is 0 Å². The van der Waals surface area contributed by atoms with Crippen LogP contribution in [0, 0.1) is 0 Å². The Morgan fingerprint density at radius 3 is 2.36 bits per heavy atom. The molecule has 0 saturated carbocycles. The molecule has 0 bridgehead atoms. The van der Waals surface area contributed by atoms with E-state index in [2.05, 4.69) is 14.9 Å². The predicted octanol–water partition coefficient (Wildman–Crippen LogP) is 1.84. The minimum atomic E-state index is -0.932. The Bertz CT molecular complexity index is 641. The van der Waals surface area contributed by atoms with Gasteiger partial charge in [-0.2, -0.15) is 0 Å². The summed E-state index contributed by atoms with van der Waals surface area (Å²) in [5.41, 5.74) is 1.91. The van der Waals surface area contributed by atoms with Crippen molar-refractivity contribution in [2.24, 2.45) is 0 Å². The van der Waals surface area contributed by atoms with Gasteiger partial charge in [0.25, 0.3) is 0 Å². The summed E-state index contributed by atoms with van der Waals surface area (Å²) in [5.74, 6) is -0.278. The molecule has 2 rings (SSSR count). The van der Waals surface area contributed by atoms with Crippen molar-refractivity contribution in [2.45, 2.75) is 0 Å². The lowest BCUT2D eigenvalue weighted by Gasteiger charge is -2.19. The monoisotopic (exact) mass is 300 g/mol. The zero-order chi connectivity index (χ0) is 16.1. The molecule has 6 nitrogen and oxygen atoms in total. The van der Waals surface area contributed by atoms with E-state index in [0.29, 0.717) is 5.95 Å². The van der Waals surface area contributed by atoms with Crippen LogP contribution in [0.25, 0.3) is 11.3 Å². The van der Waals surface area contributed by atoms with E-state index in [4.69, 9.17) is 5.11 Å². The maximum absolute atomic E-state index is 10.9. The molecular formula is C16H20N4O2. The fourth-order valence-corrected chi connectivity index (χ4v) is 1.93. The summed E-state index contributed by atoms with van der Waals surface area (Å²) in [5, 5.41) is 8.93. The van der Waals surface area contributed by atoms with Crippen LogP contribution in [0.4, 0.5) is 5.95 Å². The highest BCUT2D eigenvalue weighted by Gasteiger charge is 2.08. The van der Waals surface area contributed by atoms with E-state index in [1.54, 1.807) is 30.5 Å². The molecule has 0 unspecified atom stereocenters. The van der Waals surface area contributed by atoms with Gasteiger partial charge in [0, 0.05) is 31.9 Å². The van der Waals surface area contributed by atoms with Crippen LogP contribution in [0.15, 0.2) is 36.5 Å². The molecule has 6 heteroatoms. The number of hydrogen-bond acceptors (Lipinski definition) is 5. The zero-order valence-corrected chi connectivity index (χ0v) is 13.0. The molecule has 116 valence electrons. The average molecular weight is 300 g/mol. The first kappa shape index (κ1) is 15.9. The minimum Gasteiger partial charge on any atom is -0.478 e. The normalized spacial score (nSPS) is 10.7. The van der Waals surface area contributed by atoms with E-state index in [1.165, 1.54) is 0 Å². The van der Waals surface area contributed by atoms with E-state index in [-0.39, 0.29) is 5.56 Å². The molecular weight excluding hydrogens is 280 g/mol. The summed E-state index contributed by atoms with van der Waals surface area (Å²) in [4.78, 5) is 23.8. The largest absolute Gasteiger partial charge is 0.478 e. The van der Waals surface area contributed by atoms with Gasteiger partial charge in [0.05, 0.1) is 11.3 Å².